The SMILES string of the molecule is Cc1nccnc1Sc1ccccc1C(=O)O. The summed E-state index contributed by atoms with van der Waals surface area (Å²) < 4.78 is 0. The lowest BCUT2D eigenvalue weighted by molar-refractivity contribution is 0.0693. The van der Waals surface area contributed by atoms with Gasteiger partial charge in [-0.1, -0.05) is 23.9 Å². The highest BCUT2D eigenvalue weighted by Crippen LogP contribution is 2.30. The molecule has 86 valence electrons. The van der Waals surface area contributed by atoms with E-state index in [1.165, 1.54) is 11.8 Å². The standard InChI is InChI=1S/C12H10N2O2S/c1-8-11(14-7-6-13-8)17-10-5-3-2-4-9(10)12(15)16/h2-7H,1H3,(H,15,16). The molecule has 0 saturated heterocycles. The predicted octanol–water partition coefficient (Wildman–Crippen LogP) is 2.63. The molecule has 0 amide bonds. The number of aromatic carboxylic acids is 1. The molecule has 0 spiro atoms. The summed E-state index contributed by atoms with van der Waals surface area (Å²) in [5.41, 5.74) is 1.07. The molecule has 0 unspecified atom stereocenters. The van der Waals surface area contributed by atoms with Gasteiger partial charge in [0.25, 0.3) is 0 Å². The summed E-state index contributed by atoms with van der Waals surface area (Å²) in [4.78, 5) is 20.0. The fourth-order valence-electron chi connectivity index (χ4n) is 1.33. The van der Waals surface area contributed by atoms with E-state index < -0.39 is 5.97 Å². The zero-order valence-corrected chi connectivity index (χ0v) is 9.94. The van der Waals surface area contributed by atoms with Gasteiger partial charge >= 0.3 is 5.97 Å². The van der Waals surface area contributed by atoms with Gasteiger partial charge < -0.3 is 5.11 Å². The second-order valence-corrected chi connectivity index (χ2v) is 4.38. The van der Waals surface area contributed by atoms with Crippen molar-refractivity contribution in [3.63, 3.8) is 0 Å². The largest absolute Gasteiger partial charge is 0.478 e. The number of carboxylic acid groups (broad SMARTS) is 1. The highest BCUT2D eigenvalue weighted by atomic mass is 32.2. The maximum Gasteiger partial charge on any atom is 0.336 e. The molecule has 0 aliphatic rings. The number of aromatic nitrogens is 2. The number of aryl methyl sites for hydroxylation is 1. The zero-order chi connectivity index (χ0) is 12.3. The molecule has 4 nitrogen and oxygen atoms in total. The van der Waals surface area contributed by atoms with Gasteiger partial charge in [0, 0.05) is 17.3 Å². The van der Waals surface area contributed by atoms with Crippen LogP contribution < -0.4 is 0 Å². The van der Waals surface area contributed by atoms with E-state index in [1.54, 1.807) is 36.7 Å². The lowest BCUT2D eigenvalue weighted by Crippen LogP contribution is -1.98. The van der Waals surface area contributed by atoms with Gasteiger partial charge in [-0.05, 0) is 19.1 Å². The summed E-state index contributed by atoms with van der Waals surface area (Å²) in [6.45, 7) is 1.85. The minimum Gasteiger partial charge on any atom is -0.478 e. The summed E-state index contributed by atoms with van der Waals surface area (Å²) in [5, 5.41) is 9.79. The number of nitrogens with zero attached hydrogens (tertiary/aromatic N) is 2. The lowest BCUT2D eigenvalue weighted by Gasteiger charge is -2.05. The van der Waals surface area contributed by atoms with E-state index >= 15 is 0 Å². The fourth-order valence-corrected chi connectivity index (χ4v) is 2.27. The lowest BCUT2D eigenvalue weighted by atomic mass is 10.2. The van der Waals surface area contributed by atoms with Crippen molar-refractivity contribution in [3.8, 4) is 0 Å². The number of benzene rings is 1. The van der Waals surface area contributed by atoms with Crippen LogP contribution >= 0.6 is 11.8 Å². The van der Waals surface area contributed by atoms with E-state index in [4.69, 9.17) is 5.11 Å². The van der Waals surface area contributed by atoms with Crippen molar-refractivity contribution in [1.82, 2.24) is 9.97 Å². The molecule has 1 N–H and O–H groups in total. The number of hydrogen-bond acceptors (Lipinski definition) is 4. The second-order valence-electron chi connectivity index (χ2n) is 3.35. The molecule has 0 atom stereocenters. The first-order valence-corrected chi connectivity index (χ1v) is 5.78. The molecule has 0 fully saturated rings. The molecule has 0 aliphatic heterocycles. The van der Waals surface area contributed by atoms with Crippen molar-refractivity contribution in [2.24, 2.45) is 0 Å². The molecule has 0 aliphatic carbocycles. The Morgan fingerprint density at radius 2 is 1.94 bits per heavy atom. The Labute approximate surface area is 103 Å². The van der Waals surface area contributed by atoms with Gasteiger partial charge in [-0.3, -0.25) is 4.98 Å². The third-order valence-corrected chi connectivity index (χ3v) is 3.33. The maximum atomic E-state index is 11.0. The van der Waals surface area contributed by atoms with Crippen molar-refractivity contribution >= 4 is 17.7 Å². The van der Waals surface area contributed by atoms with E-state index in [2.05, 4.69) is 9.97 Å². The van der Waals surface area contributed by atoms with Crippen molar-refractivity contribution in [2.45, 2.75) is 16.8 Å². The average Bonchev–Trinajstić information content (AvgIpc) is 2.32. The van der Waals surface area contributed by atoms with Crippen molar-refractivity contribution in [1.29, 1.82) is 0 Å². The Bertz CT molecular complexity index is 558. The van der Waals surface area contributed by atoms with Crippen LogP contribution in [0.3, 0.4) is 0 Å². The maximum absolute atomic E-state index is 11.0. The van der Waals surface area contributed by atoms with Crippen LogP contribution in [0.5, 0.6) is 0 Å². The topological polar surface area (TPSA) is 63.1 Å². The molecule has 0 bridgehead atoms. The van der Waals surface area contributed by atoms with Gasteiger partial charge in [0.15, 0.2) is 0 Å². The summed E-state index contributed by atoms with van der Waals surface area (Å²) in [6.07, 6.45) is 3.21. The second kappa shape index (κ2) is 4.97. The van der Waals surface area contributed by atoms with Crippen molar-refractivity contribution in [2.75, 3.05) is 0 Å². The zero-order valence-electron chi connectivity index (χ0n) is 9.12. The third kappa shape index (κ3) is 2.62. The Morgan fingerprint density at radius 3 is 2.65 bits per heavy atom. The van der Waals surface area contributed by atoms with Crippen LogP contribution in [0.2, 0.25) is 0 Å². The quantitative estimate of drug-likeness (QED) is 0.902. The molecule has 0 saturated carbocycles. The molecular weight excluding hydrogens is 236 g/mol. The smallest absolute Gasteiger partial charge is 0.336 e. The molecule has 1 aromatic heterocycles. The summed E-state index contributed by atoms with van der Waals surface area (Å²) >= 11 is 1.31. The molecule has 2 aromatic rings. The minimum atomic E-state index is -0.936. The first kappa shape index (κ1) is 11.6. The molecule has 1 heterocycles. The van der Waals surface area contributed by atoms with Crippen LogP contribution in [0.1, 0.15) is 16.1 Å². The third-order valence-electron chi connectivity index (χ3n) is 2.16. The van der Waals surface area contributed by atoms with Crippen LogP contribution in [-0.4, -0.2) is 21.0 Å². The Kier molecular flexibility index (Phi) is 3.39. The van der Waals surface area contributed by atoms with Crippen molar-refractivity contribution < 1.29 is 9.90 Å². The van der Waals surface area contributed by atoms with E-state index in [0.29, 0.717) is 4.90 Å². The molecule has 5 heteroatoms. The Hall–Kier alpha value is -1.88. The first-order valence-electron chi connectivity index (χ1n) is 4.96. The van der Waals surface area contributed by atoms with E-state index in [9.17, 15) is 4.79 Å². The monoisotopic (exact) mass is 246 g/mol. The molecule has 2 rings (SSSR count). The Morgan fingerprint density at radius 1 is 1.24 bits per heavy atom. The van der Waals surface area contributed by atoms with Gasteiger partial charge in [-0.2, -0.15) is 0 Å². The molecule has 17 heavy (non-hydrogen) atoms. The predicted molar refractivity (Wildman–Crippen MR) is 64.3 cm³/mol. The highest BCUT2D eigenvalue weighted by molar-refractivity contribution is 7.99. The highest BCUT2D eigenvalue weighted by Gasteiger charge is 2.11. The average molecular weight is 246 g/mol. The van der Waals surface area contributed by atoms with Gasteiger partial charge in [0.05, 0.1) is 11.3 Å². The van der Waals surface area contributed by atoms with Crippen LogP contribution in [0, 0.1) is 6.92 Å². The van der Waals surface area contributed by atoms with E-state index in [1.807, 2.05) is 6.92 Å². The summed E-state index contributed by atoms with van der Waals surface area (Å²) in [7, 11) is 0. The summed E-state index contributed by atoms with van der Waals surface area (Å²) in [5.74, 6) is -0.936. The first-order chi connectivity index (χ1) is 8.18. The minimum absolute atomic E-state index is 0.280. The van der Waals surface area contributed by atoms with Gasteiger partial charge in [-0.25, -0.2) is 9.78 Å². The Balaban J connectivity index is 2.37. The molecule has 0 radical (unpaired) electrons. The van der Waals surface area contributed by atoms with E-state index in [0.717, 1.165) is 10.7 Å². The van der Waals surface area contributed by atoms with Crippen LogP contribution in [0.25, 0.3) is 0 Å². The molecule has 1 aromatic carbocycles. The van der Waals surface area contributed by atoms with Crippen LogP contribution in [-0.2, 0) is 0 Å². The molecular formula is C12H10N2O2S. The normalized spacial score (nSPS) is 10.2. The number of hydrogen-bond donors (Lipinski definition) is 1. The van der Waals surface area contributed by atoms with Gasteiger partial charge in [-0.15, -0.1) is 0 Å². The fraction of sp³-hybridized carbons (Fsp3) is 0.0833. The number of carbonyl (C=O) groups is 1. The van der Waals surface area contributed by atoms with Crippen molar-refractivity contribution in [3.05, 3.63) is 47.9 Å². The number of carboxylic acids is 1. The number of rotatable bonds is 3. The van der Waals surface area contributed by atoms with Crippen LogP contribution in [0.4, 0.5) is 0 Å². The van der Waals surface area contributed by atoms with E-state index in [-0.39, 0.29) is 5.56 Å². The van der Waals surface area contributed by atoms with Crippen LogP contribution in [0.15, 0.2) is 46.6 Å². The van der Waals surface area contributed by atoms with Gasteiger partial charge in [0.1, 0.15) is 5.03 Å². The summed E-state index contributed by atoms with van der Waals surface area (Å²) in [6, 6.07) is 6.86. The van der Waals surface area contributed by atoms with Gasteiger partial charge in [0.2, 0.25) is 0 Å².